The van der Waals surface area contributed by atoms with Crippen molar-refractivity contribution in [3.05, 3.63) is 0 Å². The lowest BCUT2D eigenvalue weighted by atomic mass is 10.0. The van der Waals surface area contributed by atoms with Gasteiger partial charge < -0.3 is 10.2 Å². The molecule has 1 saturated carbocycles. The number of hydrogen-bond acceptors (Lipinski definition) is 4. The van der Waals surface area contributed by atoms with E-state index >= 15 is 0 Å². The van der Waals surface area contributed by atoms with Gasteiger partial charge in [0.25, 0.3) is 0 Å². The summed E-state index contributed by atoms with van der Waals surface area (Å²) < 4.78 is 0. The van der Waals surface area contributed by atoms with Gasteiger partial charge in [-0.15, -0.1) is 0 Å². The largest absolute Gasteiger partial charge is 0.339 e. The molecule has 1 atom stereocenters. The number of nitrogens with zero attached hydrogens (tertiary/aromatic N) is 3. The summed E-state index contributed by atoms with van der Waals surface area (Å²) in [5, 5.41) is 3.75. The van der Waals surface area contributed by atoms with Gasteiger partial charge >= 0.3 is 0 Å². The molecule has 2 heterocycles. The van der Waals surface area contributed by atoms with Crippen molar-refractivity contribution >= 4 is 5.91 Å². The number of carbonyl (C=O) groups excluding carboxylic acids is 1. The van der Waals surface area contributed by atoms with Gasteiger partial charge in [-0.05, 0) is 45.1 Å². The maximum absolute atomic E-state index is 12.6. The minimum absolute atomic E-state index is 0.338. The highest BCUT2D eigenvalue weighted by atomic mass is 16.2. The maximum Gasteiger partial charge on any atom is 0.236 e. The molecule has 3 aliphatic rings. The number of nitrogens with one attached hydrogen (secondary N) is 1. The Balaban J connectivity index is 1.24. The van der Waals surface area contributed by atoms with E-state index in [1.165, 1.54) is 57.9 Å². The van der Waals surface area contributed by atoms with E-state index in [2.05, 4.69) is 33.9 Å². The molecule has 156 valence electrons. The quantitative estimate of drug-likeness (QED) is 0.593. The van der Waals surface area contributed by atoms with E-state index in [9.17, 15) is 4.79 Å². The van der Waals surface area contributed by atoms with Gasteiger partial charge in [-0.2, -0.15) is 0 Å². The van der Waals surface area contributed by atoms with Crippen molar-refractivity contribution in [1.82, 2.24) is 20.0 Å². The summed E-state index contributed by atoms with van der Waals surface area (Å²) in [6, 6.07) is 1.30. The highest BCUT2D eigenvalue weighted by molar-refractivity contribution is 5.78. The molecule has 1 N–H and O–H groups in total. The van der Waals surface area contributed by atoms with Crippen molar-refractivity contribution in [2.45, 2.75) is 77.3 Å². The second-order valence-corrected chi connectivity index (χ2v) is 9.12. The number of amides is 1. The van der Waals surface area contributed by atoms with Crippen LogP contribution in [-0.4, -0.2) is 85.0 Å². The van der Waals surface area contributed by atoms with E-state index in [4.69, 9.17) is 0 Å². The molecule has 2 saturated heterocycles. The van der Waals surface area contributed by atoms with Crippen LogP contribution in [0.25, 0.3) is 0 Å². The number of likely N-dealkylation sites (tertiary alicyclic amines) is 1. The van der Waals surface area contributed by atoms with Crippen LogP contribution < -0.4 is 5.32 Å². The molecule has 0 radical (unpaired) electrons. The molecular weight excluding hydrogens is 336 g/mol. The summed E-state index contributed by atoms with van der Waals surface area (Å²) in [5.74, 6) is 1.41. The topological polar surface area (TPSA) is 38.8 Å². The van der Waals surface area contributed by atoms with Crippen LogP contribution in [0.4, 0.5) is 0 Å². The van der Waals surface area contributed by atoms with Crippen molar-refractivity contribution in [3.8, 4) is 0 Å². The van der Waals surface area contributed by atoms with Crippen LogP contribution in [0.5, 0.6) is 0 Å². The Morgan fingerprint density at radius 2 is 1.70 bits per heavy atom. The van der Waals surface area contributed by atoms with Gasteiger partial charge in [-0.25, -0.2) is 0 Å². The number of rotatable bonds is 10. The predicted molar refractivity (Wildman–Crippen MR) is 112 cm³/mol. The van der Waals surface area contributed by atoms with E-state index in [1.54, 1.807) is 0 Å². The summed E-state index contributed by atoms with van der Waals surface area (Å²) >= 11 is 0. The normalized spacial score (nSPS) is 24.3. The molecule has 0 spiro atoms. The molecule has 2 aliphatic heterocycles. The van der Waals surface area contributed by atoms with E-state index in [-0.39, 0.29) is 0 Å². The Bertz CT molecular complexity index is 438. The Morgan fingerprint density at radius 3 is 2.33 bits per heavy atom. The molecule has 1 aliphatic carbocycles. The maximum atomic E-state index is 12.6. The zero-order valence-corrected chi connectivity index (χ0v) is 17.8. The van der Waals surface area contributed by atoms with Crippen LogP contribution in [0.3, 0.4) is 0 Å². The summed E-state index contributed by atoms with van der Waals surface area (Å²) in [6.07, 6.45) is 10.7. The average molecular weight is 379 g/mol. The van der Waals surface area contributed by atoms with Gasteiger partial charge in [0.1, 0.15) is 0 Å². The monoisotopic (exact) mass is 378 g/mol. The van der Waals surface area contributed by atoms with Crippen LogP contribution in [0.2, 0.25) is 0 Å². The van der Waals surface area contributed by atoms with Crippen molar-refractivity contribution < 1.29 is 4.79 Å². The highest BCUT2D eigenvalue weighted by Crippen LogP contribution is 2.33. The number of carbonyl (C=O) groups is 1. The number of unbranched alkanes of at least 4 members (excludes halogenated alkanes) is 1. The van der Waals surface area contributed by atoms with Crippen molar-refractivity contribution in [3.63, 3.8) is 0 Å². The minimum atomic E-state index is 0.338. The Hall–Kier alpha value is -0.650. The van der Waals surface area contributed by atoms with Crippen molar-refractivity contribution in [2.75, 3.05) is 52.4 Å². The van der Waals surface area contributed by atoms with Crippen molar-refractivity contribution in [1.29, 1.82) is 0 Å². The molecule has 5 nitrogen and oxygen atoms in total. The summed E-state index contributed by atoms with van der Waals surface area (Å²) in [5.41, 5.74) is 0. The van der Waals surface area contributed by atoms with Gasteiger partial charge in [-0.1, -0.05) is 32.6 Å². The molecule has 0 aromatic rings. The highest BCUT2D eigenvalue weighted by Gasteiger charge is 2.26. The molecular formula is C22H42N4O. The van der Waals surface area contributed by atoms with Crippen molar-refractivity contribution in [2.24, 2.45) is 5.92 Å². The number of piperidine rings is 1. The zero-order valence-electron chi connectivity index (χ0n) is 17.8. The van der Waals surface area contributed by atoms with E-state index in [0.29, 0.717) is 24.5 Å². The molecule has 3 fully saturated rings. The third-order valence-corrected chi connectivity index (χ3v) is 7.00. The lowest BCUT2D eigenvalue weighted by Crippen LogP contribution is -2.54. The first-order valence-corrected chi connectivity index (χ1v) is 11.6. The molecule has 3 rings (SSSR count). The first kappa shape index (κ1) is 21.1. The van der Waals surface area contributed by atoms with Crippen LogP contribution in [-0.2, 0) is 4.79 Å². The average Bonchev–Trinajstić information content (AvgIpc) is 3.53. The Morgan fingerprint density at radius 1 is 1.00 bits per heavy atom. The molecule has 0 aromatic heterocycles. The van der Waals surface area contributed by atoms with Crippen LogP contribution >= 0.6 is 0 Å². The number of hydrogen-bond donors (Lipinski definition) is 1. The first-order valence-electron chi connectivity index (χ1n) is 11.6. The van der Waals surface area contributed by atoms with E-state index in [1.807, 2.05) is 0 Å². The summed E-state index contributed by atoms with van der Waals surface area (Å²) in [6.45, 7) is 12.4. The fourth-order valence-electron chi connectivity index (χ4n) is 4.53. The molecule has 0 aromatic carbocycles. The van der Waals surface area contributed by atoms with Gasteiger partial charge in [0.15, 0.2) is 0 Å². The second kappa shape index (κ2) is 10.8. The third-order valence-electron chi connectivity index (χ3n) is 7.00. The summed E-state index contributed by atoms with van der Waals surface area (Å²) in [4.78, 5) is 19.6. The standard InChI is InChI=1S/C22H42N4O/c1-3-19(2)25-14-16-26(17-15-25)22(27)18-24-12-9-21(10-13-24)23-11-5-4-6-20-7-8-20/h19-21,23H,3-18H2,1-2H3. The number of piperazine rings is 1. The van der Waals surface area contributed by atoms with E-state index < -0.39 is 0 Å². The van der Waals surface area contributed by atoms with Gasteiger partial charge in [0, 0.05) is 51.4 Å². The lowest BCUT2D eigenvalue weighted by Gasteiger charge is -2.39. The van der Waals surface area contributed by atoms with E-state index in [0.717, 1.165) is 45.2 Å². The Kier molecular flexibility index (Phi) is 8.41. The SMILES string of the molecule is CCC(C)N1CCN(C(=O)CN2CCC(NCCCCC3CC3)CC2)CC1. The summed E-state index contributed by atoms with van der Waals surface area (Å²) in [7, 11) is 0. The van der Waals surface area contributed by atoms with Crippen LogP contribution in [0, 0.1) is 5.92 Å². The zero-order chi connectivity index (χ0) is 19.1. The molecule has 5 heteroatoms. The van der Waals surface area contributed by atoms with Gasteiger partial charge in [0.2, 0.25) is 5.91 Å². The lowest BCUT2D eigenvalue weighted by molar-refractivity contribution is -0.134. The van der Waals surface area contributed by atoms with Gasteiger partial charge in [-0.3, -0.25) is 14.6 Å². The minimum Gasteiger partial charge on any atom is -0.339 e. The molecule has 27 heavy (non-hydrogen) atoms. The Labute approximate surface area is 166 Å². The fourth-order valence-corrected chi connectivity index (χ4v) is 4.53. The smallest absolute Gasteiger partial charge is 0.236 e. The third kappa shape index (κ3) is 7.03. The molecule has 1 amide bonds. The van der Waals surface area contributed by atoms with Crippen LogP contribution in [0.15, 0.2) is 0 Å². The molecule has 1 unspecified atom stereocenters. The van der Waals surface area contributed by atoms with Gasteiger partial charge in [0.05, 0.1) is 6.54 Å². The van der Waals surface area contributed by atoms with Crippen LogP contribution in [0.1, 0.15) is 65.2 Å². The molecule has 0 bridgehead atoms. The predicted octanol–water partition coefficient (Wildman–Crippen LogP) is 2.56. The second-order valence-electron chi connectivity index (χ2n) is 9.12. The first-order chi connectivity index (χ1) is 13.2. The fraction of sp³-hybridized carbons (Fsp3) is 0.955.